The quantitative estimate of drug-likeness (QED) is 0.196. The van der Waals surface area contributed by atoms with E-state index in [1.807, 2.05) is 6.92 Å². The Balaban J connectivity index is -0.0000000264. The van der Waals surface area contributed by atoms with Gasteiger partial charge in [0.15, 0.2) is 0 Å². The van der Waals surface area contributed by atoms with Gasteiger partial charge in [0.1, 0.15) is 0 Å². The maximum absolute atomic E-state index is 7.85. The Morgan fingerprint density at radius 3 is 0.909 bits per heavy atom. The van der Waals surface area contributed by atoms with Gasteiger partial charge < -0.3 is 62.6 Å². The standard InChI is InChI=1S/C3H8O.CH6O4Si.2CH4.H4O4Si.H4O3Si.H2O/c1-3-4-2;1-5-6(2,3)4;;;1-5(2,3)4;1-4(2)3;/h3H2,1-2H3;2-4H,1H3;2*1H4;1-4H;1-4H;1H2. The van der Waals surface area contributed by atoms with Gasteiger partial charge in [-0.3, -0.25) is 0 Å². The first-order chi connectivity index (χ1) is 8.21. The fourth-order valence-electron chi connectivity index (χ4n) is 0. The topological polar surface area (TPSA) is 252 Å². The van der Waals surface area contributed by atoms with Crippen LogP contribution < -0.4 is 0 Å². The summed E-state index contributed by atoms with van der Waals surface area (Å²) in [6, 6.07) is 0. The van der Waals surface area contributed by atoms with Gasteiger partial charge in [-0.2, -0.15) is 0 Å². The molecule has 0 aliphatic heterocycles. The Kier molecular flexibility index (Phi) is 51.1. The van der Waals surface area contributed by atoms with Crippen molar-refractivity contribution < 1.29 is 62.6 Å². The van der Waals surface area contributed by atoms with Gasteiger partial charge in [-0.25, -0.2) is 0 Å². The Bertz CT molecular complexity index is 148. The molecule has 13 nitrogen and oxygen atoms in total. The Labute approximate surface area is 133 Å². The molecule has 22 heavy (non-hydrogen) atoms. The molecule has 0 aromatic carbocycles. The van der Waals surface area contributed by atoms with Crippen molar-refractivity contribution in [1.82, 2.24) is 0 Å². The molecule has 0 spiro atoms. The predicted octanol–water partition coefficient (Wildman–Crippen LogP) is -5.78. The molecule has 16 heteroatoms. The third-order valence-corrected chi connectivity index (χ3v) is 1.11. The van der Waals surface area contributed by atoms with Gasteiger partial charge in [0, 0.05) is 20.8 Å². The van der Waals surface area contributed by atoms with Gasteiger partial charge in [-0.15, -0.1) is 0 Å². The molecule has 0 bridgehead atoms. The third kappa shape index (κ3) is 432. The SMILES string of the molecule is C.C.CCOC.CO[Si](O)(O)O.O.O[SiH](O)O.O[Si](O)(O)O. The first kappa shape index (κ1) is 43.2. The van der Waals surface area contributed by atoms with Crippen LogP contribution in [0.1, 0.15) is 21.8 Å². The van der Waals surface area contributed by atoms with Gasteiger partial charge in [-0.05, 0) is 6.92 Å². The number of hydrogen-bond acceptors (Lipinski definition) is 12. The Morgan fingerprint density at radius 1 is 0.818 bits per heavy atom. The summed E-state index contributed by atoms with van der Waals surface area (Å²) in [5, 5.41) is 0. The van der Waals surface area contributed by atoms with Gasteiger partial charge >= 0.3 is 27.6 Å². The minimum absolute atomic E-state index is 0. The van der Waals surface area contributed by atoms with Crippen LogP contribution in [0.15, 0.2) is 0 Å². The molecular weight excluding hydrogens is 364 g/mol. The van der Waals surface area contributed by atoms with Gasteiger partial charge in [0.2, 0.25) is 0 Å². The summed E-state index contributed by atoms with van der Waals surface area (Å²) in [6.45, 7) is 2.78. The largest absolute Gasteiger partial charge is 0.671 e. The van der Waals surface area contributed by atoms with Crippen LogP contribution in [0.5, 0.6) is 0 Å². The van der Waals surface area contributed by atoms with E-state index in [0.29, 0.717) is 0 Å². The van der Waals surface area contributed by atoms with Gasteiger partial charge in [0.25, 0.3) is 0 Å². The van der Waals surface area contributed by atoms with E-state index in [1.54, 1.807) is 7.11 Å². The molecule has 0 aromatic heterocycles. The molecule has 146 valence electrons. The van der Waals surface area contributed by atoms with E-state index in [0.717, 1.165) is 13.7 Å². The lowest BCUT2D eigenvalue weighted by molar-refractivity contribution is 0.0879. The smallest absolute Gasteiger partial charge is 0.412 e. The summed E-state index contributed by atoms with van der Waals surface area (Å²) in [5.74, 6) is 0. The average Bonchev–Trinajstić information content (AvgIpc) is 2.13. The zero-order valence-corrected chi connectivity index (χ0v) is 14.2. The molecule has 0 amide bonds. The lowest BCUT2D eigenvalue weighted by atomic mass is 10.9. The van der Waals surface area contributed by atoms with Crippen molar-refractivity contribution in [2.75, 3.05) is 20.8 Å². The highest BCUT2D eigenvalue weighted by atomic mass is 28.4. The van der Waals surface area contributed by atoms with Crippen LogP contribution in [-0.2, 0) is 9.16 Å². The van der Waals surface area contributed by atoms with Crippen molar-refractivity contribution in [3.05, 3.63) is 0 Å². The lowest BCUT2D eigenvalue weighted by Crippen LogP contribution is -2.37. The monoisotopic (exact) mass is 396 g/mol. The van der Waals surface area contributed by atoms with Crippen LogP contribution in [0.4, 0.5) is 0 Å². The highest BCUT2D eigenvalue weighted by Crippen LogP contribution is 1.80. The molecule has 0 aromatic rings. The molecule has 12 N–H and O–H groups in total. The molecule has 0 atom stereocenters. The first-order valence-electron chi connectivity index (χ1n) is 4.36. The van der Waals surface area contributed by atoms with Crippen molar-refractivity contribution >= 4 is 27.6 Å². The number of methoxy groups -OCH3 is 1. The van der Waals surface area contributed by atoms with Crippen LogP contribution >= 0.6 is 0 Å². The van der Waals surface area contributed by atoms with Crippen LogP contribution in [-0.4, -0.2) is 102 Å². The van der Waals surface area contributed by atoms with E-state index in [1.165, 1.54) is 0 Å². The van der Waals surface area contributed by atoms with E-state index in [4.69, 9.17) is 48.0 Å². The summed E-state index contributed by atoms with van der Waals surface area (Å²) < 4.78 is 8.28. The number of hydrogen-bond donors (Lipinski definition) is 10. The molecule has 0 unspecified atom stereocenters. The fourth-order valence-corrected chi connectivity index (χ4v) is 0. The molecule has 0 heterocycles. The zero-order valence-electron chi connectivity index (χ0n) is 11.1. The van der Waals surface area contributed by atoms with Crippen molar-refractivity contribution in [2.24, 2.45) is 0 Å². The normalized spacial score (nSPS) is 9.00. The van der Waals surface area contributed by atoms with Crippen LogP contribution in [0, 0.1) is 0 Å². The third-order valence-electron chi connectivity index (χ3n) is 0.563. The minimum atomic E-state index is -4.61. The number of rotatable bonds is 2. The summed E-state index contributed by atoms with van der Waals surface area (Å²) in [5.41, 5.74) is 0. The van der Waals surface area contributed by atoms with E-state index < -0.39 is 27.6 Å². The van der Waals surface area contributed by atoms with Crippen molar-refractivity contribution in [3.8, 4) is 0 Å². The molecule has 0 radical (unpaired) electrons. The predicted molar refractivity (Wildman–Crippen MR) is 82.5 cm³/mol. The first-order valence-corrected chi connectivity index (χ1v) is 9.44. The summed E-state index contributed by atoms with van der Waals surface area (Å²) in [7, 11) is -9.18. The van der Waals surface area contributed by atoms with Crippen LogP contribution in [0.3, 0.4) is 0 Å². The van der Waals surface area contributed by atoms with E-state index in [9.17, 15) is 0 Å². The van der Waals surface area contributed by atoms with Gasteiger partial charge in [0.05, 0.1) is 0 Å². The van der Waals surface area contributed by atoms with E-state index >= 15 is 0 Å². The summed E-state index contributed by atoms with van der Waals surface area (Å²) in [4.78, 5) is 74.8. The van der Waals surface area contributed by atoms with Crippen molar-refractivity contribution in [3.63, 3.8) is 0 Å². The second kappa shape index (κ2) is 26.0. The number of ether oxygens (including phenoxy) is 1. The van der Waals surface area contributed by atoms with Crippen molar-refractivity contribution in [1.29, 1.82) is 0 Å². The van der Waals surface area contributed by atoms with Crippen LogP contribution in [0.2, 0.25) is 0 Å². The highest BCUT2D eigenvalue weighted by Gasteiger charge is 2.27. The summed E-state index contributed by atoms with van der Waals surface area (Å²) >= 11 is 0. The lowest BCUT2D eigenvalue weighted by Gasteiger charge is -2.01. The van der Waals surface area contributed by atoms with Crippen LogP contribution in [0.25, 0.3) is 0 Å². The molecule has 0 fully saturated rings. The average molecular weight is 397 g/mol. The van der Waals surface area contributed by atoms with Crippen molar-refractivity contribution in [2.45, 2.75) is 21.8 Å². The Hall–Kier alpha value is 0.131. The molecule has 0 rings (SSSR count). The maximum atomic E-state index is 7.85. The molecular formula is C6H32O13Si3. The molecule has 0 aliphatic carbocycles. The van der Waals surface area contributed by atoms with E-state index in [2.05, 4.69) is 9.16 Å². The van der Waals surface area contributed by atoms with E-state index in [-0.39, 0.29) is 20.3 Å². The zero-order chi connectivity index (χ0) is 16.7. The minimum Gasteiger partial charge on any atom is -0.412 e. The molecule has 0 saturated heterocycles. The molecule has 0 aliphatic rings. The second-order valence-electron chi connectivity index (χ2n) is 2.30. The highest BCUT2D eigenvalue weighted by molar-refractivity contribution is 6.48. The maximum Gasteiger partial charge on any atom is 0.671 e. The molecule has 0 saturated carbocycles. The van der Waals surface area contributed by atoms with Gasteiger partial charge in [-0.1, -0.05) is 14.9 Å². The second-order valence-corrected chi connectivity index (χ2v) is 5.75. The Morgan fingerprint density at radius 2 is 0.909 bits per heavy atom. The fraction of sp³-hybridized carbons (Fsp3) is 1.00. The summed E-state index contributed by atoms with van der Waals surface area (Å²) in [6.07, 6.45) is 0.